The zero-order valence-corrected chi connectivity index (χ0v) is 9.99. The van der Waals surface area contributed by atoms with Gasteiger partial charge in [0.15, 0.2) is 0 Å². The molecule has 1 nitrogen and oxygen atoms in total. The van der Waals surface area contributed by atoms with Gasteiger partial charge in [-0.05, 0) is 12.8 Å². The van der Waals surface area contributed by atoms with Crippen LogP contribution in [-0.2, 0) is 6.54 Å². The highest BCUT2D eigenvalue weighted by Crippen LogP contribution is 2.22. The first-order chi connectivity index (χ1) is 7.84. The number of nitrogens with one attached hydrogen (secondary N) is 1. The van der Waals surface area contributed by atoms with Crippen LogP contribution < -0.4 is 4.90 Å². The summed E-state index contributed by atoms with van der Waals surface area (Å²) in [4.78, 5) is 1.16. The minimum absolute atomic E-state index is 0.859. The van der Waals surface area contributed by atoms with E-state index in [4.69, 9.17) is 7.05 Å². The number of hydrogen-bond acceptors (Lipinski definition) is 0. The molecule has 0 aliphatic heterocycles. The van der Waals surface area contributed by atoms with Gasteiger partial charge in [-0.1, -0.05) is 49.6 Å². The first kappa shape index (κ1) is 11.7. The van der Waals surface area contributed by atoms with Crippen molar-refractivity contribution in [2.24, 2.45) is 5.92 Å². The molecule has 0 bridgehead atoms. The van der Waals surface area contributed by atoms with Crippen LogP contribution in [-0.4, -0.2) is 6.54 Å². The summed E-state index contributed by atoms with van der Waals surface area (Å²) in [6.45, 7) is 2.09. The maximum Gasteiger partial charge on any atom is 0.0773 e. The van der Waals surface area contributed by atoms with E-state index in [1.807, 2.05) is 0 Å². The van der Waals surface area contributed by atoms with E-state index in [2.05, 4.69) is 30.3 Å². The molecule has 1 radical (unpaired) electrons. The van der Waals surface area contributed by atoms with Gasteiger partial charge in [-0.25, -0.2) is 7.05 Å². The van der Waals surface area contributed by atoms with Crippen LogP contribution in [0.5, 0.6) is 0 Å². The molecule has 1 saturated carbocycles. The molecule has 1 aliphatic carbocycles. The maximum atomic E-state index is 6.15. The Kier molecular flexibility index (Phi) is 4.41. The Morgan fingerprint density at radius 2 is 1.75 bits per heavy atom. The minimum Gasteiger partial charge on any atom is -0.483 e. The molecule has 1 aromatic carbocycles. The van der Waals surface area contributed by atoms with Crippen molar-refractivity contribution in [3.8, 4) is 0 Å². The average molecular weight is 216 g/mol. The number of benzene rings is 1. The Labute approximate surface area is 99.5 Å². The lowest BCUT2D eigenvalue weighted by Gasteiger charge is -2.30. The highest BCUT2D eigenvalue weighted by Gasteiger charge is 2.15. The van der Waals surface area contributed by atoms with Crippen LogP contribution >= 0.6 is 0 Å². The molecule has 1 N–H and O–H groups in total. The summed E-state index contributed by atoms with van der Waals surface area (Å²) >= 11 is 0. The van der Waals surface area contributed by atoms with Crippen molar-refractivity contribution in [2.75, 3.05) is 6.54 Å². The summed E-state index contributed by atoms with van der Waals surface area (Å²) < 4.78 is 0. The lowest BCUT2D eigenvalue weighted by Crippen LogP contribution is -3.06. The first-order valence-corrected chi connectivity index (χ1v) is 6.48. The van der Waals surface area contributed by atoms with Gasteiger partial charge in [0.2, 0.25) is 0 Å². The molecule has 0 saturated heterocycles. The summed E-state index contributed by atoms with van der Waals surface area (Å²) in [6.07, 6.45) is 7.01. The zero-order valence-electron chi connectivity index (χ0n) is 9.99. The Morgan fingerprint density at radius 1 is 1.06 bits per heavy atom. The second-order valence-corrected chi connectivity index (χ2v) is 5.03. The van der Waals surface area contributed by atoms with Gasteiger partial charge in [-0.2, -0.15) is 0 Å². The second kappa shape index (κ2) is 6.05. The fraction of sp³-hybridized carbons (Fsp3) is 0.533. The van der Waals surface area contributed by atoms with E-state index in [1.54, 1.807) is 0 Å². The van der Waals surface area contributed by atoms with Crippen molar-refractivity contribution in [3.63, 3.8) is 0 Å². The molecule has 0 spiro atoms. The Balaban J connectivity index is 1.77. The third-order valence-electron chi connectivity index (χ3n) is 3.55. The second-order valence-electron chi connectivity index (χ2n) is 5.03. The van der Waals surface area contributed by atoms with Crippen molar-refractivity contribution in [1.82, 2.24) is 0 Å². The van der Waals surface area contributed by atoms with Crippen molar-refractivity contribution in [1.29, 1.82) is 0 Å². The topological polar surface area (TPSA) is 4.44 Å². The van der Waals surface area contributed by atoms with Gasteiger partial charge in [0.1, 0.15) is 0 Å². The standard InChI is InChI=1S/C15H22N/c1-16(12-14-8-4-2-5-9-14)13-15-10-6-3-7-11-15/h1-2,4-5,8-9,15-16H,3,6-7,10-13H2. The SMILES string of the molecule is [CH-][NH+](Cc1ccccc1)CC1CCCCC1. The Morgan fingerprint density at radius 3 is 2.44 bits per heavy atom. The predicted molar refractivity (Wildman–Crippen MR) is 66.9 cm³/mol. The summed E-state index contributed by atoms with van der Waals surface area (Å²) in [5.41, 5.74) is 1.34. The molecule has 87 valence electrons. The van der Waals surface area contributed by atoms with Crippen molar-refractivity contribution in [2.45, 2.75) is 38.6 Å². The molecule has 0 aromatic heterocycles. The summed E-state index contributed by atoms with van der Waals surface area (Å²) in [6, 6.07) is 10.6. The summed E-state index contributed by atoms with van der Waals surface area (Å²) in [7, 11) is 6.15. The molecular formula is C15H22N. The van der Waals surface area contributed by atoms with E-state index in [1.165, 1.54) is 37.7 Å². The molecule has 1 unspecified atom stereocenters. The Hall–Kier alpha value is -0.820. The summed E-state index contributed by atoms with van der Waals surface area (Å²) in [5.74, 6) is 0.859. The summed E-state index contributed by atoms with van der Waals surface area (Å²) in [5, 5.41) is 0. The maximum absolute atomic E-state index is 6.15. The molecule has 1 atom stereocenters. The molecular weight excluding hydrogens is 194 g/mol. The van der Waals surface area contributed by atoms with Crippen LogP contribution in [0.15, 0.2) is 30.3 Å². The van der Waals surface area contributed by atoms with Gasteiger partial charge in [-0.3, -0.25) is 0 Å². The third kappa shape index (κ3) is 3.64. The van der Waals surface area contributed by atoms with Crippen LogP contribution in [0.25, 0.3) is 0 Å². The van der Waals surface area contributed by atoms with E-state index < -0.39 is 0 Å². The van der Waals surface area contributed by atoms with Crippen LogP contribution in [0.3, 0.4) is 0 Å². The highest BCUT2D eigenvalue weighted by molar-refractivity contribution is 5.13. The van der Waals surface area contributed by atoms with Crippen LogP contribution in [0, 0.1) is 13.0 Å². The van der Waals surface area contributed by atoms with Gasteiger partial charge in [-0.15, -0.1) is 0 Å². The molecule has 1 aliphatic rings. The van der Waals surface area contributed by atoms with Crippen molar-refractivity contribution in [3.05, 3.63) is 42.9 Å². The number of quaternary nitrogens is 1. The van der Waals surface area contributed by atoms with E-state index in [0.29, 0.717) is 0 Å². The van der Waals surface area contributed by atoms with Crippen molar-refractivity contribution < 1.29 is 4.90 Å². The minimum atomic E-state index is 0.859. The fourth-order valence-electron chi connectivity index (χ4n) is 2.69. The van der Waals surface area contributed by atoms with E-state index >= 15 is 0 Å². The molecule has 1 fully saturated rings. The van der Waals surface area contributed by atoms with Gasteiger partial charge >= 0.3 is 0 Å². The van der Waals surface area contributed by atoms with Gasteiger partial charge in [0.05, 0.1) is 13.1 Å². The molecule has 0 heterocycles. The van der Waals surface area contributed by atoms with E-state index in [-0.39, 0.29) is 0 Å². The van der Waals surface area contributed by atoms with Crippen LogP contribution in [0.1, 0.15) is 37.7 Å². The van der Waals surface area contributed by atoms with Gasteiger partial charge in [0.25, 0.3) is 0 Å². The lowest BCUT2D eigenvalue weighted by molar-refractivity contribution is -0.872. The van der Waals surface area contributed by atoms with E-state index in [0.717, 1.165) is 23.9 Å². The molecule has 16 heavy (non-hydrogen) atoms. The average Bonchev–Trinajstić information content (AvgIpc) is 2.31. The monoisotopic (exact) mass is 216 g/mol. The number of hydrogen-bond donors (Lipinski definition) is 1. The lowest BCUT2D eigenvalue weighted by atomic mass is 9.89. The fourth-order valence-corrected chi connectivity index (χ4v) is 2.69. The van der Waals surface area contributed by atoms with E-state index in [9.17, 15) is 0 Å². The molecule has 0 amide bonds. The van der Waals surface area contributed by atoms with Crippen LogP contribution in [0.4, 0.5) is 0 Å². The van der Waals surface area contributed by atoms with Crippen LogP contribution in [0.2, 0.25) is 0 Å². The first-order valence-electron chi connectivity index (χ1n) is 6.48. The quantitative estimate of drug-likeness (QED) is 0.737. The Bertz CT molecular complexity index is 288. The largest absolute Gasteiger partial charge is 0.483 e. The number of rotatable bonds is 4. The molecule has 1 aromatic rings. The smallest absolute Gasteiger partial charge is 0.0773 e. The predicted octanol–water partition coefficient (Wildman–Crippen LogP) is 2.32. The van der Waals surface area contributed by atoms with Crippen molar-refractivity contribution >= 4 is 0 Å². The van der Waals surface area contributed by atoms with Gasteiger partial charge in [0, 0.05) is 11.5 Å². The normalized spacial score (nSPS) is 19.6. The molecule has 2 rings (SSSR count). The zero-order chi connectivity index (χ0) is 11.2. The molecule has 1 heteroatoms. The third-order valence-corrected chi connectivity index (χ3v) is 3.55. The van der Waals surface area contributed by atoms with Gasteiger partial charge < -0.3 is 4.90 Å². The highest BCUT2D eigenvalue weighted by atomic mass is 15.1.